The van der Waals surface area contributed by atoms with Crippen molar-refractivity contribution in [3.05, 3.63) is 24.3 Å². The fraction of sp³-hybridized carbons (Fsp3) is 0.860. The maximum atomic E-state index is 12.6. The van der Waals surface area contributed by atoms with Gasteiger partial charge in [0, 0.05) is 19.4 Å². The van der Waals surface area contributed by atoms with Gasteiger partial charge in [0.05, 0.1) is 13.2 Å². The number of nitrogens with two attached hydrogens (primary N) is 1. The Bertz CT molecular complexity index is 928. The number of hydrogen-bond acceptors (Lipinski definition) is 8. The second kappa shape index (κ2) is 40.2. The molecule has 0 radical (unpaired) electrons. The molecule has 0 aliphatic carbocycles. The Morgan fingerprint density at radius 1 is 0.547 bits per heavy atom. The van der Waals surface area contributed by atoms with Crippen LogP contribution < -0.4 is 5.73 Å². The quantitative estimate of drug-likeness (QED) is 0.0269. The smallest absolute Gasteiger partial charge is 0.462 e. The molecule has 0 aromatic rings. The van der Waals surface area contributed by atoms with E-state index < -0.39 is 26.5 Å². The molecule has 0 saturated heterocycles. The number of phosphoric acid groups is 1. The number of allylic oxidation sites excluding steroid dienone is 4. The molecule has 0 heterocycles. The number of carbonyl (C=O) groups excluding carboxylic acids is 2. The maximum absolute atomic E-state index is 12.6. The van der Waals surface area contributed by atoms with E-state index in [-0.39, 0.29) is 38.6 Å². The Morgan fingerprint density at radius 3 is 1.42 bits per heavy atom. The van der Waals surface area contributed by atoms with Crippen LogP contribution >= 0.6 is 7.82 Å². The predicted octanol–water partition coefficient (Wildman–Crippen LogP) is 12.4. The van der Waals surface area contributed by atoms with Gasteiger partial charge in [-0.1, -0.05) is 160 Å². The average Bonchev–Trinajstić information content (AvgIpc) is 3.14. The van der Waals surface area contributed by atoms with E-state index in [0.29, 0.717) is 6.42 Å². The second-order valence-electron chi connectivity index (χ2n) is 14.6. The Morgan fingerprint density at radius 2 is 0.943 bits per heavy atom. The summed E-state index contributed by atoms with van der Waals surface area (Å²) in [5.74, 6) is -0.865. The van der Waals surface area contributed by atoms with Crippen molar-refractivity contribution in [1.29, 1.82) is 0 Å². The molecule has 0 spiro atoms. The van der Waals surface area contributed by atoms with Crippen molar-refractivity contribution >= 4 is 19.8 Å². The number of hydrogen-bond donors (Lipinski definition) is 2. The number of carbonyl (C=O) groups is 2. The van der Waals surface area contributed by atoms with Crippen LogP contribution in [0, 0.1) is 0 Å². The first-order chi connectivity index (χ1) is 25.8. The minimum Gasteiger partial charge on any atom is -0.462 e. The predicted molar refractivity (Wildman–Crippen MR) is 220 cm³/mol. The lowest BCUT2D eigenvalue weighted by molar-refractivity contribution is -0.161. The van der Waals surface area contributed by atoms with Crippen molar-refractivity contribution in [2.24, 2.45) is 5.73 Å². The van der Waals surface area contributed by atoms with E-state index >= 15 is 0 Å². The normalized spacial score (nSPS) is 13.5. The van der Waals surface area contributed by atoms with Gasteiger partial charge in [0.25, 0.3) is 0 Å². The van der Waals surface area contributed by atoms with Crippen LogP contribution in [0.5, 0.6) is 0 Å². The summed E-state index contributed by atoms with van der Waals surface area (Å²) in [6.45, 7) is 3.71. The van der Waals surface area contributed by atoms with Crippen molar-refractivity contribution in [2.45, 2.75) is 213 Å². The zero-order chi connectivity index (χ0) is 38.9. The van der Waals surface area contributed by atoms with E-state index in [1.54, 1.807) is 0 Å². The van der Waals surface area contributed by atoms with E-state index in [1.807, 2.05) is 0 Å². The molecule has 0 aliphatic rings. The number of esters is 2. The first-order valence-corrected chi connectivity index (χ1v) is 23.3. The third-order valence-corrected chi connectivity index (χ3v) is 10.3. The molecule has 312 valence electrons. The van der Waals surface area contributed by atoms with Gasteiger partial charge in [-0.2, -0.15) is 0 Å². The summed E-state index contributed by atoms with van der Waals surface area (Å²) < 4.78 is 32.7. The van der Waals surface area contributed by atoms with Crippen LogP contribution in [0.3, 0.4) is 0 Å². The van der Waals surface area contributed by atoms with Crippen LogP contribution in [0.15, 0.2) is 24.3 Å². The lowest BCUT2D eigenvalue weighted by Gasteiger charge is -2.19. The largest absolute Gasteiger partial charge is 0.472 e. The molecule has 2 atom stereocenters. The lowest BCUT2D eigenvalue weighted by atomic mass is 10.0. The first kappa shape index (κ1) is 51.5. The van der Waals surface area contributed by atoms with E-state index in [9.17, 15) is 19.0 Å². The van der Waals surface area contributed by atoms with Crippen molar-refractivity contribution in [2.75, 3.05) is 26.4 Å². The molecule has 3 N–H and O–H groups in total. The van der Waals surface area contributed by atoms with Gasteiger partial charge in [0.1, 0.15) is 6.61 Å². The van der Waals surface area contributed by atoms with Crippen LogP contribution in [0.2, 0.25) is 0 Å². The van der Waals surface area contributed by atoms with Gasteiger partial charge in [-0.3, -0.25) is 18.6 Å². The molecule has 0 aromatic heterocycles. The minimum absolute atomic E-state index is 0.0500. The molecule has 0 saturated carbocycles. The zero-order valence-electron chi connectivity index (χ0n) is 34.3. The Balaban J connectivity index is 4.18. The third-order valence-electron chi connectivity index (χ3n) is 9.31. The van der Waals surface area contributed by atoms with Gasteiger partial charge in [0.2, 0.25) is 0 Å². The summed E-state index contributed by atoms with van der Waals surface area (Å²) in [7, 11) is -4.38. The summed E-state index contributed by atoms with van der Waals surface area (Å²) in [5, 5.41) is 0. The van der Waals surface area contributed by atoms with Crippen molar-refractivity contribution < 1.29 is 37.6 Å². The standard InChI is InChI=1S/C43H82NO8P/c1-3-5-7-9-11-13-15-17-19-20-22-24-26-28-30-32-34-36-43(46)52-41(40-51-53(47,48)50-38-37-44)39-49-42(45)35-33-31-29-27-25-23-21-18-16-14-12-10-8-6-4-2/h17,19,28,30,41H,3-16,18,20-27,29,31-40,44H2,1-2H3,(H,47,48)/b19-17-,30-28+/t41-/m1/s1. The van der Waals surface area contributed by atoms with Gasteiger partial charge >= 0.3 is 19.8 Å². The molecule has 0 fully saturated rings. The average molecular weight is 772 g/mol. The summed E-state index contributed by atoms with van der Waals surface area (Å²) in [6, 6.07) is 0. The number of phosphoric ester groups is 1. The topological polar surface area (TPSA) is 134 Å². The van der Waals surface area contributed by atoms with Gasteiger partial charge in [-0.15, -0.1) is 0 Å². The summed E-state index contributed by atoms with van der Waals surface area (Å²) in [5.41, 5.74) is 5.34. The lowest BCUT2D eigenvalue weighted by Crippen LogP contribution is -2.29. The molecule has 53 heavy (non-hydrogen) atoms. The van der Waals surface area contributed by atoms with Crippen molar-refractivity contribution in [3.8, 4) is 0 Å². The summed E-state index contributed by atoms with van der Waals surface area (Å²) in [4.78, 5) is 34.8. The highest BCUT2D eigenvalue weighted by atomic mass is 31.2. The second-order valence-corrected chi connectivity index (χ2v) is 16.0. The Hall–Kier alpha value is -1.51. The minimum atomic E-state index is -4.38. The van der Waals surface area contributed by atoms with Crippen LogP contribution in [0.1, 0.15) is 206 Å². The van der Waals surface area contributed by atoms with Crippen LogP contribution in [0.4, 0.5) is 0 Å². The maximum Gasteiger partial charge on any atom is 0.472 e. The molecule has 10 heteroatoms. The van der Waals surface area contributed by atoms with E-state index in [2.05, 4.69) is 38.2 Å². The zero-order valence-corrected chi connectivity index (χ0v) is 35.2. The van der Waals surface area contributed by atoms with Gasteiger partial charge < -0.3 is 20.1 Å². The monoisotopic (exact) mass is 772 g/mol. The van der Waals surface area contributed by atoms with Crippen molar-refractivity contribution in [3.63, 3.8) is 0 Å². The van der Waals surface area contributed by atoms with E-state index in [0.717, 1.165) is 44.9 Å². The number of ether oxygens (including phenoxy) is 2. The summed E-state index contributed by atoms with van der Waals surface area (Å²) in [6.07, 6.45) is 42.1. The Labute approximate surface area is 325 Å². The van der Waals surface area contributed by atoms with E-state index in [4.69, 9.17) is 24.3 Å². The fourth-order valence-electron chi connectivity index (χ4n) is 6.04. The number of rotatable bonds is 41. The molecular weight excluding hydrogens is 689 g/mol. The molecular formula is C43H82NO8P. The van der Waals surface area contributed by atoms with Crippen LogP contribution in [-0.4, -0.2) is 49.3 Å². The van der Waals surface area contributed by atoms with Gasteiger partial charge in [-0.05, 0) is 57.8 Å². The highest BCUT2D eigenvalue weighted by Gasteiger charge is 2.25. The third kappa shape index (κ3) is 40.0. The molecule has 0 amide bonds. The summed E-state index contributed by atoms with van der Waals surface area (Å²) >= 11 is 0. The van der Waals surface area contributed by atoms with Gasteiger partial charge in [0.15, 0.2) is 6.10 Å². The first-order valence-electron chi connectivity index (χ1n) is 21.8. The Kier molecular flexibility index (Phi) is 39.0. The van der Waals surface area contributed by atoms with E-state index in [1.165, 1.54) is 128 Å². The highest BCUT2D eigenvalue weighted by Crippen LogP contribution is 2.43. The van der Waals surface area contributed by atoms with Crippen LogP contribution in [0.25, 0.3) is 0 Å². The molecule has 0 rings (SSSR count). The molecule has 1 unspecified atom stereocenters. The molecule has 0 aliphatic heterocycles. The van der Waals surface area contributed by atoms with Crippen molar-refractivity contribution in [1.82, 2.24) is 0 Å². The van der Waals surface area contributed by atoms with Crippen LogP contribution in [-0.2, 0) is 32.7 Å². The molecule has 9 nitrogen and oxygen atoms in total. The molecule has 0 bridgehead atoms. The fourth-order valence-corrected chi connectivity index (χ4v) is 6.81. The molecule has 0 aromatic carbocycles. The SMILES string of the molecule is CCCCCCCC/C=C\CCCC/C=C/CCCC(=O)O[C@H](COC(=O)CCCCCCCCCCCCCCCCC)COP(=O)(O)OCCN. The van der Waals surface area contributed by atoms with Gasteiger partial charge in [-0.25, -0.2) is 4.57 Å². The number of unbranched alkanes of at least 4 members (excludes halogenated alkanes) is 24. The highest BCUT2D eigenvalue weighted by molar-refractivity contribution is 7.47.